The first-order valence-corrected chi connectivity index (χ1v) is 4.17. The van der Waals surface area contributed by atoms with E-state index in [0.29, 0.717) is 17.7 Å². The number of nitrogens with two attached hydrogens (primary N) is 1. The number of ether oxygens (including phenoxy) is 1. The Morgan fingerprint density at radius 2 is 2.00 bits per heavy atom. The van der Waals surface area contributed by atoms with Crippen molar-refractivity contribution in [2.24, 2.45) is 5.73 Å². The summed E-state index contributed by atoms with van der Waals surface area (Å²) in [5, 5.41) is 0. The van der Waals surface area contributed by atoms with E-state index < -0.39 is 0 Å². The Hall–Kier alpha value is -1.03. The van der Waals surface area contributed by atoms with E-state index >= 15 is 0 Å². The molecule has 0 saturated heterocycles. The molecule has 0 amide bonds. The molecule has 76 valence electrons. The third-order valence-corrected chi connectivity index (χ3v) is 1.72. The highest BCUT2D eigenvalue weighted by atomic mass is 16.5. The van der Waals surface area contributed by atoms with Gasteiger partial charge in [0, 0.05) is 12.2 Å². The minimum Gasteiger partial charge on any atom is -0.466 e. The first-order valence-electron chi connectivity index (χ1n) is 4.17. The predicted octanol–water partition coefficient (Wildman–Crippen LogP) is 0.344. The molecule has 0 radical (unpaired) electrons. The molecule has 0 bridgehead atoms. The molecule has 0 fully saturated rings. The highest BCUT2D eigenvalue weighted by Crippen LogP contribution is 2.07. The molecule has 0 aromatic carbocycles. The fourth-order valence-corrected chi connectivity index (χ4v) is 0.919. The van der Waals surface area contributed by atoms with Gasteiger partial charge in [0.15, 0.2) is 0 Å². The van der Waals surface area contributed by atoms with Crippen LogP contribution in [0.25, 0.3) is 0 Å². The summed E-state index contributed by atoms with van der Waals surface area (Å²) in [6.45, 7) is 2.50. The second kappa shape index (κ2) is 5.59. The van der Waals surface area contributed by atoms with E-state index in [4.69, 9.17) is 5.73 Å². The zero-order chi connectivity index (χ0) is 10.4. The van der Waals surface area contributed by atoms with Crippen molar-refractivity contribution in [3.63, 3.8) is 0 Å². The van der Waals surface area contributed by atoms with Crippen molar-refractivity contribution in [2.45, 2.75) is 13.3 Å². The van der Waals surface area contributed by atoms with E-state index in [-0.39, 0.29) is 5.97 Å². The second-order valence-corrected chi connectivity index (χ2v) is 3.21. The Morgan fingerprint density at radius 3 is 2.31 bits per heavy atom. The molecule has 0 aliphatic rings. The van der Waals surface area contributed by atoms with Crippen molar-refractivity contribution in [2.75, 3.05) is 27.7 Å². The Labute approximate surface area is 79.3 Å². The van der Waals surface area contributed by atoms with Gasteiger partial charge >= 0.3 is 5.97 Å². The summed E-state index contributed by atoms with van der Waals surface area (Å²) in [5.41, 5.74) is 6.66. The Kier molecular flexibility index (Phi) is 5.14. The van der Waals surface area contributed by atoms with E-state index in [1.165, 1.54) is 7.11 Å². The van der Waals surface area contributed by atoms with Crippen LogP contribution in [0.15, 0.2) is 11.3 Å². The maximum Gasteiger partial charge on any atom is 0.335 e. The number of allylic oxidation sites excluding steroid dienone is 1. The molecule has 0 aliphatic carbocycles. The van der Waals surface area contributed by atoms with Crippen LogP contribution in [0.2, 0.25) is 0 Å². The number of nitrogens with zero attached hydrogens (tertiary/aromatic N) is 1. The average molecular weight is 186 g/mol. The fourth-order valence-electron chi connectivity index (χ4n) is 0.919. The van der Waals surface area contributed by atoms with Gasteiger partial charge in [-0.2, -0.15) is 0 Å². The van der Waals surface area contributed by atoms with Crippen LogP contribution in [-0.4, -0.2) is 38.6 Å². The number of carbonyl (C=O) groups excluding carboxylic acids is 1. The minimum atomic E-state index is -0.332. The lowest BCUT2D eigenvalue weighted by Gasteiger charge is -2.11. The second-order valence-electron chi connectivity index (χ2n) is 3.21. The van der Waals surface area contributed by atoms with Crippen LogP contribution in [0.5, 0.6) is 0 Å². The van der Waals surface area contributed by atoms with Gasteiger partial charge in [-0.3, -0.25) is 0 Å². The van der Waals surface area contributed by atoms with Crippen molar-refractivity contribution < 1.29 is 9.53 Å². The molecule has 2 N–H and O–H groups in total. The maximum atomic E-state index is 11.2. The van der Waals surface area contributed by atoms with Crippen LogP contribution in [0.3, 0.4) is 0 Å². The first-order chi connectivity index (χ1) is 5.99. The molecule has 0 aromatic rings. The minimum absolute atomic E-state index is 0.332. The van der Waals surface area contributed by atoms with Crippen molar-refractivity contribution in [3.8, 4) is 0 Å². The summed E-state index contributed by atoms with van der Waals surface area (Å²) in [5.74, 6) is -0.332. The van der Waals surface area contributed by atoms with E-state index in [9.17, 15) is 4.79 Å². The molecule has 0 rings (SSSR count). The van der Waals surface area contributed by atoms with E-state index in [1.54, 1.807) is 6.92 Å². The monoisotopic (exact) mass is 186 g/mol. The van der Waals surface area contributed by atoms with Gasteiger partial charge in [-0.25, -0.2) is 4.79 Å². The van der Waals surface area contributed by atoms with Gasteiger partial charge in [0.25, 0.3) is 0 Å². The lowest BCUT2D eigenvalue weighted by Crippen LogP contribution is -2.18. The molecule has 0 aromatic heterocycles. The van der Waals surface area contributed by atoms with Gasteiger partial charge in [-0.15, -0.1) is 0 Å². The van der Waals surface area contributed by atoms with Gasteiger partial charge in [-0.1, -0.05) is 0 Å². The summed E-state index contributed by atoms with van der Waals surface area (Å²) in [7, 11) is 5.25. The number of hydrogen-bond donors (Lipinski definition) is 1. The molecule has 0 saturated carbocycles. The van der Waals surface area contributed by atoms with Crippen LogP contribution in [0, 0.1) is 0 Å². The largest absolute Gasteiger partial charge is 0.466 e. The Morgan fingerprint density at radius 1 is 1.46 bits per heavy atom. The number of carbonyl (C=O) groups is 1. The topological polar surface area (TPSA) is 55.6 Å². The first kappa shape index (κ1) is 12.0. The van der Waals surface area contributed by atoms with Gasteiger partial charge in [0.1, 0.15) is 0 Å². The lowest BCUT2D eigenvalue weighted by molar-refractivity contribution is -0.136. The smallest absolute Gasteiger partial charge is 0.335 e. The molecule has 0 aliphatic heterocycles. The molecule has 13 heavy (non-hydrogen) atoms. The number of methoxy groups -OCH3 is 1. The standard InChI is InChI=1S/C9H18N2O2/c1-7(10)8(9(12)13-4)5-6-11(2)3/h5-6,10H2,1-4H3. The zero-order valence-electron chi connectivity index (χ0n) is 8.76. The zero-order valence-corrected chi connectivity index (χ0v) is 8.76. The fraction of sp³-hybridized carbons (Fsp3) is 0.667. The molecular weight excluding hydrogens is 168 g/mol. The van der Waals surface area contributed by atoms with Crippen LogP contribution in [-0.2, 0) is 9.53 Å². The molecular formula is C9H18N2O2. The molecule has 4 heteroatoms. The number of esters is 1. The van der Waals surface area contributed by atoms with Crippen LogP contribution >= 0.6 is 0 Å². The number of rotatable bonds is 4. The van der Waals surface area contributed by atoms with Crippen molar-refractivity contribution in [1.82, 2.24) is 4.90 Å². The highest BCUT2D eigenvalue weighted by molar-refractivity contribution is 5.88. The Balaban J connectivity index is 4.30. The third-order valence-electron chi connectivity index (χ3n) is 1.72. The van der Waals surface area contributed by atoms with Gasteiger partial charge in [0.05, 0.1) is 12.7 Å². The Bertz CT molecular complexity index is 206. The maximum absolute atomic E-state index is 11.2. The summed E-state index contributed by atoms with van der Waals surface area (Å²) >= 11 is 0. The normalized spacial score (nSPS) is 12.7. The number of hydrogen-bond acceptors (Lipinski definition) is 4. The molecule has 0 atom stereocenters. The summed E-state index contributed by atoms with van der Waals surface area (Å²) < 4.78 is 4.61. The van der Waals surface area contributed by atoms with Crippen LogP contribution < -0.4 is 5.73 Å². The van der Waals surface area contributed by atoms with Gasteiger partial charge < -0.3 is 15.4 Å². The average Bonchev–Trinajstić information content (AvgIpc) is 2.03. The molecule has 0 heterocycles. The van der Waals surface area contributed by atoms with E-state index in [1.807, 2.05) is 19.0 Å². The van der Waals surface area contributed by atoms with Crippen molar-refractivity contribution in [1.29, 1.82) is 0 Å². The molecule has 0 unspecified atom stereocenters. The van der Waals surface area contributed by atoms with Crippen LogP contribution in [0.4, 0.5) is 0 Å². The summed E-state index contributed by atoms with van der Waals surface area (Å²) in [6, 6.07) is 0. The summed E-state index contributed by atoms with van der Waals surface area (Å²) in [6.07, 6.45) is 0.627. The van der Waals surface area contributed by atoms with Crippen molar-refractivity contribution >= 4 is 5.97 Å². The lowest BCUT2D eigenvalue weighted by atomic mass is 10.1. The van der Waals surface area contributed by atoms with Gasteiger partial charge in [-0.05, 0) is 27.4 Å². The van der Waals surface area contributed by atoms with Crippen molar-refractivity contribution in [3.05, 3.63) is 11.3 Å². The van der Waals surface area contributed by atoms with Crippen LogP contribution in [0.1, 0.15) is 13.3 Å². The van der Waals surface area contributed by atoms with E-state index in [2.05, 4.69) is 4.74 Å². The molecule has 4 nitrogen and oxygen atoms in total. The molecule has 0 spiro atoms. The highest BCUT2D eigenvalue weighted by Gasteiger charge is 2.11. The van der Waals surface area contributed by atoms with Gasteiger partial charge in [0.2, 0.25) is 0 Å². The summed E-state index contributed by atoms with van der Waals surface area (Å²) in [4.78, 5) is 13.2. The SMILES string of the molecule is COC(=O)C(CCN(C)C)=C(C)N. The quantitative estimate of drug-likeness (QED) is 0.508. The van der Waals surface area contributed by atoms with E-state index in [0.717, 1.165) is 6.54 Å². The third kappa shape index (κ3) is 4.52. The predicted molar refractivity (Wildman–Crippen MR) is 52.1 cm³/mol.